The molecule has 2 aromatic rings. The van der Waals surface area contributed by atoms with Crippen molar-refractivity contribution in [2.45, 2.75) is 18.5 Å². The van der Waals surface area contributed by atoms with E-state index >= 15 is 0 Å². The molecule has 0 spiro atoms. The van der Waals surface area contributed by atoms with Crippen LogP contribution in [0.15, 0.2) is 29.6 Å². The molecule has 0 atom stereocenters. The van der Waals surface area contributed by atoms with Gasteiger partial charge in [0, 0.05) is 11.9 Å². The number of halogens is 2. The highest BCUT2D eigenvalue weighted by Crippen LogP contribution is 2.28. The lowest BCUT2D eigenvalue weighted by molar-refractivity contribution is -0.133. The van der Waals surface area contributed by atoms with Crippen LogP contribution >= 0.6 is 23.4 Å². The van der Waals surface area contributed by atoms with E-state index in [-0.39, 0.29) is 16.5 Å². The smallest absolute Gasteiger partial charge is 0.313 e. The Kier molecular flexibility index (Phi) is 4.67. The van der Waals surface area contributed by atoms with Gasteiger partial charge in [-0.1, -0.05) is 36.4 Å². The first-order valence-corrected chi connectivity index (χ1v) is 7.26. The van der Waals surface area contributed by atoms with Crippen LogP contribution in [0.2, 0.25) is 5.02 Å². The minimum Gasteiger partial charge on any atom is -0.481 e. The average Bonchev–Trinajstić information content (AvgIpc) is 2.82. The fraction of sp³-hybridized carbons (Fsp3) is 0.231. The number of imidazole rings is 1. The van der Waals surface area contributed by atoms with Gasteiger partial charge in [-0.25, -0.2) is 9.37 Å². The molecule has 0 saturated carbocycles. The third kappa shape index (κ3) is 2.96. The van der Waals surface area contributed by atoms with Crippen LogP contribution in [0.1, 0.15) is 12.6 Å². The summed E-state index contributed by atoms with van der Waals surface area (Å²) in [4.78, 5) is 14.8. The van der Waals surface area contributed by atoms with E-state index in [1.54, 1.807) is 22.9 Å². The van der Waals surface area contributed by atoms with E-state index < -0.39 is 11.8 Å². The molecule has 0 fully saturated rings. The molecule has 2 rings (SSSR count). The highest BCUT2D eigenvalue weighted by atomic mass is 35.5. The number of carboxylic acid groups (broad SMARTS) is 1. The monoisotopic (exact) mass is 314 g/mol. The number of carbonyl (C=O) groups is 1. The van der Waals surface area contributed by atoms with Crippen LogP contribution in [0.4, 0.5) is 4.39 Å². The lowest BCUT2D eigenvalue weighted by Crippen LogP contribution is -2.06. The van der Waals surface area contributed by atoms with Crippen LogP contribution in [0.25, 0.3) is 5.69 Å². The summed E-state index contributed by atoms with van der Waals surface area (Å²) in [6.45, 7) is 1.92. The molecule has 0 aliphatic heterocycles. The first kappa shape index (κ1) is 14.9. The fourth-order valence-electron chi connectivity index (χ4n) is 1.77. The van der Waals surface area contributed by atoms with Crippen molar-refractivity contribution in [1.82, 2.24) is 9.55 Å². The number of aliphatic carboxylic acids is 1. The topological polar surface area (TPSA) is 55.1 Å². The Bertz CT molecular complexity index is 645. The van der Waals surface area contributed by atoms with Gasteiger partial charge < -0.3 is 5.11 Å². The maximum absolute atomic E-state index is 14.2. The number of carboxylic acids is 1. The molecule has 0 aliphatic rings. The number of hydrogen-bond donors (Lipinski definition) is 1. The zero-order chi connectivity index (χ0) is 14.7. The second-order valence-corrected chi connectivity index (χ2v) is 5.33. The molecule has 7 heteroatoms. The number of benzene rings is 1. The summed E-state index contributed by atoms with van der Waals surface area (Å²) < 4.78 is 15.8. The van der Waals surface area contributed by atoms with Gasteiger partial charge in [-0.15, -0.1) is 0 Å². The van der Waals surface area contributed by atoms with Gasteiger partial charge in [0.25, 0.3) is 0 Å². The molecule has 0 aliphatic carbocycles. The lowest BCUT2D eigenvalue weighted by atomic mass is 10.2. The van der Waals surface area contributed by atoms with E-state index in [0.717, 1.165) is 17.5 Å². The van der Waals surface area contributed by atoms with Gasteiger partial charge in [-0.2, -0.15) is 0 Å². The quantitative estimate of drug-likeness (QED) is 0.859. The third-order valence-corrected chi connectivity index (χ3v) is 3.89. The number of rotatable bonds is 5. The summed E-state index contributed by atoms with van der Waals surface area (Å²) in [7, 11) is 0. The summed E-state index contributed by atoms with van der Waals surface area (Å²) in [6.07, 6.45) is 2.26. The third-order valence-electron chi connectivity index (χ3n) is 2.66. The minimum atomic E-state index is -0.950. The van der Waals surface area contributed by atoms with Gasteiger partial charge in [0.15, 0.2) is 11.0 Å². The predicted octanol–water partition coefficient (Wildman–Crippen LogP) is 3.40. The Balaban J connectivity index is 2.50. The van der Waals surface area contributed by atoms with E-state index in [4.69, 9.17) is 16.7 Å². The van der Waals surface area contributed by atoms with Gasteiger partial charge in [-0.05, 0) is 18.6 Å². The van der Waals surface area contributed by atoms with Crippen LogP contribution < -0.4 is 0 Å². The van der Waals surface area contributed by atoms with Crippen LogP contribution in [0.5, 0.6) is 0 Å². The average molecular weight is 315 g/mol. The normalized spacial score (nSPS) is 10.8. The molecule has 4 nitrogen and oxygen atoms in total. The molecule has 20 heavy (non-hydrogen) atoms. The van der Waals surface area contributed by atoms with Crippen molar-refractivity contribution in [1.29, 1.82) is 0 Å². The number of aryl methyl sites for hydroxylation is 1. The molecule has 1 aromatic heterocycles. The Morgan fingerprint density at radius 3 is 2.95 bits per heavy atom. The van der Waals surface area contributed by atoms with E-state index in [0.29, 0.717) is 11.6 Å². The first-order valence-electron chi connectivity index (χ1n) is 5.90. The molecule has 1 aromatic carbocycles. The maximum atomic E-state index is 14.2. The molecule has 106 valence electrons. The molecule has 1 N–H and O–H groups in total. The molecule has 1 heterocycles. The number of aromatic nitrogens is 2. The van der Waals surface area contributed by atoms with Crippen LogP contribution in [0.3, 0.4) is 0 Å². The molecule has 0 bridgehead atoms. The highest BCUT2D eigenvalue weighted by molar-refractivity contribution is 7.99. The van der Waals surface area contributed by atoms with E-state index in [9.17, 15) is 9.18 Å². The standard InChI is InChI=1S/C13H12ClFN2O2S/c1-2-8-6-16-13(20-7-11(18)19)17(8)10-5-3-4-9(14)12(10)15/h3-6H,2,7H2,1H3,(H,18,19). The maximum Gasteiger partial charge on any atom is 0.313 e. The van der Waals surface area contributed by atoms with Crippen molar-refractivity contribution >= 4 is 29.3 Å². The van der Waals surface area contributed by atoms with Crippen molar-refractivity contribution < 1.29 is 14.3 Å². The molecular formula is C13H12ClFN2O2S. The summed E-state index contributed by atoms with van der Waals surface area (Å²) in [5.41, 5.74) is 1.07. The summed E-state index contributed by atoms with van der Waals surface area (Å²) in [5, 5.41) is 9.20. The molecule has 0 radical (unpaired) electrons. The second kappa shape index (κ2) is 6.28. The van der Waals surface area contributed by atoms with Gasteiger partial charge >= 0.3 is 5.97 Å². The van der Waals surface area contributed by atoms with E-state index in [1.165, 1.54) is 6.07 Å². The number of nitrogens with zero attached hydrogens (tertiary/aromatic N) is 2. The minimum absolute atomic E-state index is 0.0208. The van der Waals surface area contributed by atoms with Crippen molar-refractivity contribution in [2.24, 2.45) is 0 Å². The van der Waals surface area contributed by atoms with Gasteiger partial charge in [-0.3, -0.25) is 9.36 Å². The van der Waals surface area contributed by atoms with Crippen molar-refractivity contribution in [3.8, 4) is 5.69 Å². The summed E-state index contributed by atoms with van der Waals surface area (Å²) in [6, 6.07) is 4.70. The zero-order valence-corrected chi connectivity index (χ0v) is 12.2. The summed E-state index contributed by atoms with van der Waals surface area (Å²) in [5.74, 6) is -1.63. The largest absolute Gasteiger partial charge is 0.481 e. The van der Waals surface area contributed by atoms with E-state index in [1.807, 2.05) is 6.92 Å². The van der Waals surface area contributed by atoms with Crippen molar-refractivity contribution in [3.63, 3.8) is 0 Å². The fourth-order valence-corrected chi connectivity index (χ4v) is 2.66. The summed E-state index contributed by atoms with van der Waals surface area (Å²) >= 11 is 6.84. The van der Waals surface area contributed by atoms with Gasteiger partial charge in [0.1, 0.15) is 0 Å². The van der Waals surface area contributed by atoms with Crippen LogP contribution in [0, 0.1) is 5.82 Å². The van der Waals surface area contributed by atoms with Crippen molar-refractivity contribution in [2.75, 3.05) is 5.75 Å². The Hall–Kier alpha value is -1.53. The zero-order valence-electron chi connectivity index (χ0n) is 10.6. The van der Waals surface area contributed by atoms with Gasteiger partial charge in [0.2, 0.25) is 0 Å². The predicted molar refractivity (Wildman–Crippen MR) is 76.3 cm³/mol. The Morgan fingerprint density at radius 1 is 1.55 bits per heavy atom. The van der Waals surface area contributed by atoms with Crippen molar-refractivity contribution in [3.05, 3.63) is 40.9 Å². The second-order valence-electron chi connectivity index (χ2n) is 3.98. The Labute approximate surface area is 124 Å². The van der Waals surface area contributed by atoms with Crippen LogP contribution in [-0.2, 0) is 11.2 Å². The first-order chi connectivity index (χ1) is 9.54. The molecule has 0 saturated heterocycles. The molecule has 0 amide bonds. The number of hydrogen-bond acceptors (Lipinski definition) is 3. The van der Waals surface area contributed by atoms with Crippen LogP contribution in [-0.4, -0.2) is 26.4 Å². The SMILES string of the molecule is CCc1cnc(SCC(=O)O)n1-c1cccc(Cl)c1F. The van der Waals surface area contributed by atoms with Gasteiger partial charge in [0.05, 0.1) is 16.5 Å². The highest BCUT2D eigenvalue weighted by Gasteiger charge is 2.17. The molecular weight excluding hydrogens is 303 g/mol. The number of thioether (sulfide) groups is 1. The lowest BCUT2D eigenvalue weighted by Gasteiger charge is -2.12. The molecule has 0 unspecified atom stereocenters. The van der Waals surface area contributed by atoms with E-state index in [2.05, 4.69) is 4.98 Å². The Morgan fingerprint density at radius 2 is 2.30 bits per heavy atom.